The molecule has 0 amide bonds. The van der Waals surface area contributed by atoms with E-state index in [4.69, 9.17) is 0 Å². The molecule has 0 fully saturated rings. The Bertz CT molecular complexity index is 302. The van der Waals surface area contributed by atoms with Gasteiger partial charge in [-0.2, -0.15) is 0 Å². The molecular formula is C8H12NO3S+2. The highest BCUT2D eigenvalue weighted by Gasteiger charge is 2.31. The minimum Gasteiger partial charge on any atom is -0.116 e. The van der Waals surface area contributed by atoms with Gasteiger partial charge < -0.3 is 0 Å². The van der Waals surface area contributed by atoms with Gasteiger partial charge in [0.1, 0.15) is 0 Å². The Hall–Kier alpha value is -0.750. The third kappa shape index (κ3) is 3.65. The quantitative estimate of drug-likeness (QED) is 0.441. The molecule has 0 spiro atoms. The summed E-state index contributed by atoms with van der Waals surface area (Å²) in [6.07, 6.45) is 0. The number of quaternary nitrogens is 1. The van der Waals surface area contributed by atoms with Crippen LogP contribution in [-0.2, 0) is 23.5 Å². The van der Waals surface area contributed by atoms with Crippen LogP contribution in [0.1, 0.15) is 6.92 Å². The molecular weight excluding hydrogens is 190 g/mol. The SMILES string of the molecule is CC[S+]([O])(=O)O[NH2+]c1ccccc1. The predicted octanol–water partition coefficient (Wildman–Crippen LogP) is 0.593. The standard InChI is InChI=1S/C8H11NO3S/c1-2-13(10,11)12-9-8-6-4-3-5-7-8/h3-7,9H,2H2,1H3/q+1/p+1. The second kappa shape index (κ2) is 4.48. The lowest BCUT2D eigenvalue weighted by atomic mass is 10.3. The lowest BCUT2D eigenvalue weighted by Crippen LogP contribution is -2.78. The Kier molecular flexibility index (Phi) is 3.56. The third-order valence-corrected chi connectivity index (χ3v) is 2.58. The second-order valence-corrected chi connectivity index (χ2v) is 4.36. The molecule has 0 aliphatic rings. The van der Waals surface area contributed by atoms with E-state index in [2.05, 4.69) is 4.28 Å². The van der Waals surface area contributed by atoms with Crippen LogP contribution in [0.15, 0.2) is 30.3 Å². The molecule has 1 rings (SSSR count). The lowest BCUT2D eigenvalue weighted by molar-refractivity contribution is -0.797. The van der Waals surface area contributed by atoms with Crippen molar-refractivity contribution in [3.05, 3.63) is 30.3 Å². The molecule has 0 aromatic heterocycles. The maximum absolute atomic E-state index is 10.9. The molecule has 1 aromatic rings. The van der Waals surface area contributed by atoms with Crippen LogP contribution in [0.4, 0.5) is 5.69 Å². The first-order valence-electron chi connectivity index (χ1n) is 3.93. The topological polar surface area (TPSA) is 62.8 Å². The van der Waals surface area contributed by atoms with Crippen molar-refractivity contribution in [1.29, 1.82) is 0 Å². The maximum atomic E-state index is 10.9. The summed E-state index contributed by atoms with van der Waals surface area (Å²) in [5.74, 6) is -0.0175. The van der Waals surface area contributed by atoms with Gasteiger partial charge in [-0.05, 0) is 11.1 Å². The summed E-state index contributed by atoms with van der Waals surface area (Å²) in [6.45, 7) is 1.54. The number of nitrogens with two attached hydrogens (primary N) is 1. The van der Waals surface area contributed by atoms with E-state index in [1.165, 1.54) is 12.4 Å². The zero-order valence-electron chi connectivity index (χ0n) is 7.30. The molecule has 1 radical (unpaired) electrons. The van der Waals surface area contributed by atoms with Crippen LogP contribution in [0.3, 0.4) is 0 Å². The minimum absolute atomic E-state index is 0.0175. The first kappa shape index (κ1) is 10.3. The highest BCUT2D eigenvalue weighted by Crippen LogP contribution is 2.00. The average Bonchev–Trinajstić information content (AvgIpc) is 2.17. The average molecular weight is 202 g/mol. The molecule has 1 aromatic carbocycles. The molecule has 0 saturated carbocycles. The van der Waals surface area contributed by atoms with Gasteiger partial charge in [0.2, 0.25) is 0 Å². The summed E-state index contributed by atoms with van der Waals surface area (Å²) >= 11 is 0. The van der Waals surface area contributed by atoms with Gasteiger partial charge in [0.25, 0.3) is 0 Å². The number of benzene rings is 1. The molecule has 1 unspecified atom stereocenters. The van der Waals surface area contributed by atoms with E-state index in [1.807, 2.05) is 18.2 Å². The van der Waals surface area contributed by atoms with Gasteiger partial charge in [-0.3, -0.25) is 0 Å². The van der Waals surface area contributed by atoms with Crippen LogP contribution in [0.5, 0.6) is 0 Å². The van der Waals surface area contributed by atoms with Crippen LogP contribution in [0, 0.1) is 0 Å². The Balaban J connectivity index is 2.49. The Morgan fingerprint density at radius 2 is 2.00 bits per heavy atom. The van der Waals surface area contributed by atoms with Crippen LogP contribution >= 0.6 is 0 Å². The van der Waals surface area contributed by atoms with E-state index >= 15 is 0 Å². The van der Waals surface area contributed by atoms with Gasteiger partial charge in [0.15, 0.2) is 11.4 Å². The molecule has 4 nitrogen and oxygen atoms in total. The van der Waals surface area contributed by atoms with Crippen molar-refractivity contribution >= 4 is 16.2 Å². The summed E-state index contributed by atoms with van der Waals surface area (Å²) in [5, 5.41) is 0. The van der Waals surface area contributed by atoms with Gasteiger partial charge in [-0.25, -0.2) is 0 Å². The predicted molar refractivity (Wildman–Crippen MR) is 48.4 cm³/mol. The molecule has 71 valence electrons. The summed E-state index contributed by atoms with van der Waals surface area (Å²) in [7, 11) is -3.37. The van der Waals surface area contributed by atoms with Crippen LogP contribution in [-0.4, -0.2) is 5.75 Å². The van der Waals surface area contributed by atoms with E-state index in [-0.39, 0.29) is 5.75 Å². The molecule has 1 atom stereocenters. The van der Waals surface area contributed by atoms with E-state index in [1.54, 1.807) is 12.1 Å². The van der Waals surface area contributed by atoms with Crippen LogP contribution in [0.2, 0.25) is 0 Å². The maximum Gasteiger partial charge on any atom is 0.449 e. The number of hydrogen-bond acceptors (Lipinski definition) is 2. The Morgan fingerprint density at radius 1 is 1.38 bits per heavy atom. The summed E-state index contributed by atoms with van der Waals surface area (Å²) < 4.78 is 26.5. The monoisotopic (exact) mass is 202 g/mol. The summed E-state index contributed by atoms with van der Waals surface area (Å²) in [6, 6.07) is 9.02. The van der Waals surface area contributed by atoms with Crippen molar-refractivity contribution in [3.8, 4) is 0 Å². The second-order valence-electron chi connectivity index (χ2n) is 2.47. The molecule has 0 heterocycles. The van der Waals surface area contributed by atoms with Crippen molar-refractivity contribution in [1.82, 2.24) is 0 Å². The Morgan fingerprint density at radius 3 is 2.54 bits per heavy atom. The fourth-order valence-electron chi connectivity index (χ4n) is 0.729. The summed E-state index contributed by atoms with van der Waals surface area (Å²) in [4.78, 5) is 0. The van der Waals surface area contributed by atoms with Crippen molar-refractivity contribution in [2.75, 3.05) is 5.75 Å². The Labute approximate surface area is 78.3 Å². The van der Waals surface area contributed by atoms with Crippen molar-refractivity contribution < 1.29 is 18.5 Å². The van der Waals surface area contributed by atoms with Crippen LogP contribution < -0.4 is 5.48 Å². The molecule has 0 aliphatic carbocycles. The van der Waals surface area contributed by atoms with Gasteiger partial charge in [-0.1, -0.05) is 18.2 Å². The molecule has 13 heavy (non-hydrogen) atoms. The van der Waals surface area contributed by atoms with Crippen molar-refractivity contribution in [3.63, 3.8) is 0 Å². The van der Waals surface area contributed by atoms with Crippen LogP contribution in [0.25, 0.3) is 0 Å². The molecule has 0 aliphatic heterocycles. The van der Waals surface area contributed by atoms with E-state index in [0.717, 1.165) is 5.69 Å². The summed E-state index contributed by atoms with van der Waals surface area (Å²) in [5.41, 5.74) is 1.97. The first-order valence-corrected chi connectivity index (χ1v) is 5.51. The van der Waals surface area contributed by atoms with E-state index in [9.17, 15) is 8.76 Å². The van der Waals surface area contributed by atoms with Gasteiger partial charge in [-0.15, -0.1) is 5.48 Å². The molecule has 2 N–H and O–H groups in total. The molecule has 0 saturated heterocycles. The third-order valence-electron chi connectivity index (χ3n) is 1.48. The zero-order valence-corrected chi connectivity index (χ0v) is 8.12. The fourth-order valence-corrected chi connectivity index (χ4v) is 1.12. The number of hydrogen-bond donors (Lipinski definition) is 1. The minimum atomic E-state index is -3.37. The molecule has 5 heteroatoms. The van der Waals surface area contributed by atoms with Crippen molar-refractivity contribution in [2.45, 2.75) is 6.92 Å². The number of rotatable bonds is 4. The van der Waals surface area contributed by atoms with Crippen molar-refractivity contribution in [2.24, 2.45) is 0 Å². The molecule has 0 bridgehead atoms. The van der Waals surface area contributed by atoms with Gasteiger partial charge >= 0.3 is 10.5 Å². The fraction of sp³-hybridized carbons (Fsp3) is 0.250. The van der Waals surface area contributed by atoms with E-state index in [0.29, 0.717) is 0 Å². The normalized spacial score (nSPS) is 15.2. The highest BCUT2D eigenvalue weighted by molar-refractivity contribution is 7.92. The van der Waals surface area contributed by atoms with Gasteiger partial charge in [0.05, 0.1) is 8.84 Å². The van der Waals surface area contributed by atoms with Gasteiger partial charge in [0, 0.05) is 12.1 Å². The highest BCUT2D eigenvalue weighted by atomic mass is 32.3. The zero-order chi connectivity index (χ0) is 9.73. The first-order chi connectivity index (χ1) is 6.14. The largest absolute Gasteiger partial charge is 0.449 e. The lowest BCUT2D eigenvalue weighted by Gasteiger charge is -1.95. The van der Waals surface area contributed by atoms with E-state index < -0.39 is 10.5 Å². The smallest absolute Gasteiger partial charge is 0.116 e.